The fourth-order valence-corrected chi connectivity index (χ4v) is 3.89. The molecule has 20 heavy (non-hydrogen) atoms. The zero-order valence-corrected chi connectivity index (χ0v) is 12.4. The van der Waals surface area contributed by atoms with Crippen molar-refractivity contribution < 1.29 is 5.11 Å². The van der Waals surface area contributed by atoms with Gasteiger partial charge in [0.15, 0.2) is 0 Å². The van der Waals surface area contributed by atoms with Crippen LogP contribution in [0, 0.1) is 0 Å². The first-order chi connectivity index (χ1) is 9.81. The summed E-state index contributed by atoms with van der Waals surface area (Å²) in [6.45, 7) is 3.52. The summed E-state index contributed by atoms with van der Waals surface area (Å²) in [4.78, 5) is 2.63. The molecule has 0 spiro atoms. The Morgan fingerprint density at radius 1 is 1.15 bits per heavy atom. The summed E-state index contributed by atoms with van der Waals surface area (Å²) in [7, 11) is 0. The summed E-state index contributed by atoms with van der Waals surface area (Å²) in [5, 5.41) is 12.9. The van der Waals surface area contributed by atoms with Crippen molar-refractivity contribution in [1.29, 1.82) is 0 Å². The molecule has 2 heterocycles. The third-order valence-corrected chi connectivity index (χ3v) is 4.83. The monoisotopic (exact) mass is 274 g/mol. The normalized spacial score (nSPS) is 28.9. The SMILES string of the molecule is CCCNC1CC2CCC(C1)N2c1ccc(CO)cc1. The van der Waals surface area contributed by atoms with Gasteiger partial charge in [-0.1, -0.05) is 19.1 Å². The molecular weight excluding hydrogens is 248 g/mol. The first-order valence-corrected chi connectivity index (χ1v) is 8.03. The maximum atomic E-state index is 9.15. The van der Waals surface area contributed by atoms with Crippen molar-refractivity contribution in [2.75, 3.05) is 11.4 Å². The highest BCUT2D eigenvalue weighted by molar-refractivity contribution is 5.51. The lowest BCUT2D eigenvalue weighted by molar-refractivity contribution is 0.282. The van der Waals surface area contributed by atoms with Crippen molar-refractivity contribution in [2.24, 2.45) is 0 Å². The molecule has 2 atom stereocenters. The number of piperidine rings is 1. The molecule has 2 aliphatic heterocycles. The number of nitrogens with zero attached hydrogens (tertiary/aromatic N) is 1. The standard InChI is InChI=1S/C17H26N2O/c1-2-9-18-14-10-16-7-8-17(11-14)19(16)15-5-3-13(12-20)4-6-15/h3-6,14,16-18,20H,2,7-12H2,1H3. The second-order valence-electron chi connectivity index (χ2n) is 6.24. The highest BCUT2D eigenvalue weighted by Crippen LogP contribution is 2.39. The zero-order chi connectivity index (χ0) is 13.9. The second kappa shape index (κ2) is 6.15. The molecule has 1 aromatic carbocycles. The number of rotatable bonds is 5. The van der Waals surface area contributed by atoms with E-state index >= 15 is 0 Å². The minimum atomic E-state index is 0.135. The lowest BCUT2D eigenvalue weighted by atomic mass is 9.96. The summed E-state index contributed by atoms with van der Waals surface area (Å²) in [5.41, 5.74) is 2.34. The van der Waals surface area contributed by atoms with Crippen molar-refractivity contribution >= 4 is 5.69 Å². The molecule has 3 heteroatoms. The fraction of sp³-hybridized carbons (Fsp3) is 0.647. The van der Waals surface area contributed by atoms with Crippen LogP contribution in [0.4, 0.5) is 5.69 Å². The fourth-order valence-electron chi connectivity index (χ4n) is 3.89. The van der Waals surface area contributed by atoms with Gasteiger partial charge in [-0.3, -0.25) is 0 Å². The number of fused-ring (bicyclic) bond motifs is 2. The zero-order valence-electron chi connectivity index (χ0n) is 12.4. The molecule has 0 saturated carbocycles. The number of aliphatic hydroxyl groups excluding tert-OH is 1. The molecular formula is C17H26N2O. The molecule has 0 aromatic heterocycles. The molecule has 2 aliphatic rings. The first kappa shape index (κ1) is 13.9. The van der Waals surface area contributed by atoms with Gasteiger partial charge in [0.25, 0.3) is 0 Å². The molecule has 0 amide bonds. The van der Waals surface area contributed by atoms with Crippen LogP contribution in [-0.4, -0.2) is 29.8 Å². The van der Waals surface area contributed by atoms with Crippen molar-refractivity contribution in [3.8, 4) is 0 Å². The Balaban J connectivity index is 1.69. The number of benzene rings is 1. The van der Waals surface area contributed by atoms with Gasteiger partial charge in [0.05, 0.1) is 6.61 Å². The highest BCUT2D eigenvalue weighted by Gasteiger charge is 2.40. The van der Waals surface area contributed by atoms with E-state index in [2.05, 4.69) is 41.4 Å². The van der Waals surface area contributed by atoms with Gasteiger partial charge < -0.3 is 15.3 Å². The van der Waals surface area contributed by atoms with Crippen molar-refractivity contribution in [2.45, 2.75) is 63.8 Å². The highest BCUT2D eigenvalue weighted by atomic mass is 16.3. The lowest BCUT2D eigenvalue weighted by Crippen LogP contribution is -2.49. The third-order valence-electron chi connectivity index (χ3n) is 4.83. The number of aliphatic hydroxyl groups is 1. The quantitative estimate of drug-likeness (QED) is 0.866. The van der Waals surface area contributed by atoms with Gasteiger partial charge >= 0.3 is 0 Å². The van der Waals surface area contributed by atoms with E-state index in [0.29, 0.717) is 18.1 Å². The van der Waals surface area contributed by atoms with Crippen LogP contribution in [0.5, 0.6) is 0 Å². The number of hydrogen-bond acceptors (Lipinski definition) is 3. The van der Waals surface area contributed by atoms with Gasteiger partial charge in [0.1, 0.15) is 0 Å². The van der Waals surface area contributed by atoms with Crippen LogP contribution >= 0.6 is 0 Å². The van der Waals surface area contributed by atoms with E-state index in [4.69, 9.17) is 5.11 Å². The first-order valence-electron chi connectivity index (χ1n) is 8.03. The predicted molar refractivity (Wildman–Crippen MR) is 83.0 cm³/mol. The molecule has 2 saturated heterocycles. The van der Waals surface area contributed by atoms with E-state index < -0.39 is 0 Å². The molecule has 3 nitrogen and oxygen atoms in total. The molecule has 0 radical (unpaired) electrons. The Kier molecular flexibility index (Phi) is 4.27. The molecule has 0 aliphatic carbocycles. The van der Waals surface area contributed by atoms with Crippen LogP contribution in [0.1, 0.15) is 44.6 Å². The third kappa shape index (κ3) is 2.70. The Morgan fingerprint density at radius 3 is 2.35 bits per heavy atom. The van der Waals surface area contributed by atoms with Crippen molar-refractivity contribution in [1.82, 2.24) is 5.32 Å². The molecule has 2 fully saturated rings. The van der Waals surface area contributed by atoms with E-state index in [1.807, 2.05) is 0 Å². The number of hydrogen-bond donors (Lipinski definition) is 2. The van der Waals surface area contributed by atoms with Crippen LogP contribution in [-0.2, 0) is 6.61 Å². The van der Waals surface area contributed by atoms with Gasteiger partial charge in [-0.2, -0.15) is 0 Å². The molecule has 1 aromatic rings. The maximum absolute atomic E-state index is 9.15. The summed E-state index contributed by atoms with van der Waals surface area (Å²) in [6, 6.07) is 10.6. The average Bonchev–Trinajstić information content (AvgIpc) is 2.76. The van der Waals surface area contributed by atoms with E-state index in [1.165, 1.54) is 37.8 Å². The Morgan fingerprint density at radius 2 is 1.80 bits per heavy atom. The molecule has 3 rings (SSSR count). The summed E-state index contributed by atoms with van der Waals surface area (Å²) in [5.74, 6) is 0. The van der Waals surface area contributed by atoms with Gasteiger partial charge in [-0.05, 0) is 56.3 Å². The van der Waals surface area contributed by atoms with E-state index in [1.54, 1.807) is 0 Å². The minimum Gasteiger partial charge on any atom is -0.392 e. The molecule has 2 unspecified atom stereocenters. The molecule has 2 bridgehead atoms. The molecule has 110 valence electrons. The molecule has 2 N–H and O–H groups in total. The summed E-state index contributed by atoms with van der Waals surface area (Å²) >= 11 is 0. The van der Waals surface area contributed by atoms with Gasteiger partial charge in [-0.25, -0.2) is 0 Å². The Hall–Kier alpha value is -1.06. The van der Waals surface area contributed by atoms with Gasteiger partial charge in [-0.15, -0.1) is 0 Å². The van der Waals surface area contributed by atoms with E-state index in [-0.39, 0.29) is 6.61 Å². The topological polar surface area (TPSA) is 35.5 Å². The van der Waals surface area contributed by atoms with Gasteiger partial charge in [0.2, 0.25) is 0 Å². The van der Waals surface area contributed by atoms with Crippen LogP contribution in [0.25, 0.3) is 0 Å². The van der Waals surface area contributed by atoms with Crippen LogP contribution in [0.3, 0.4) is 0 Å². The van der Waals surface area contributed by atoms with Crippen LogP contribution < -0.4 is 10.2 Å². The van der Waals surface area contributed by atoms with E-state index in [0.717, 1.165) is 12.1 Å². The summed E-state index contributed by atoms with van der Waals surface area (Å²) < 4.78 is 0. The minimum absolute atomic E-state index is 0.135. The van der Waals surface area contributed by atoms with Gasteiger partial charge in [0, 0.05) is 23.8 Å². The lowest BCUT2D eigenvalue weighted by Gasteiger charge is -2.41. The number of nitrogens with one attached hydrogen (secondary N) is 1. The Bertz CT molecular complexity index is 417. The van der Waals surface area contributed by atoms with Crippen LogP contribution in [0.2, 0.25) is 0 Å². The largest absolute Gasteiger partial charge is 0.392 e. The second-order valence-corrected chi connectivity index (χ2v) is 6.24. The van der Waals surface area contributed by atoms with E-state index in [9.17, 15) is 0 Å². The number of anilines is 1. The van der Waals surface area contributed by atoms with Crippen LogP contribution in [0.15, 0.2) is 24.3 Å². The predicted octanol–water partition coefficient (Wildman–Crippen LogP) is 2.68. The maximum Gasteiger partial charge on any atom is 0.0681 e. The summed E-state index contributed by atoms with van der Waals surface area (Å²) in [6.07, 6.45) is 6.43. The van der Waals surface area contributed by atoms with Crippen molar-refractivity contribution in [3.63, 3.8) is 0 Å². The Labute approximate surface area is 122 Å². The van der Waals surface area contributed by atoms with Crippen molar-refractivity contribution in [3.05, 3.63) is 29.8 Å². The average molecular weight is 274 g/mol. The smallest absolute Gasteiger partial charge is 0.0681 e.